The molecule has 0 spiro atoms. The third-order valence-electron chi connectivity index (χ3n) is 4.78. The molecule has 1 aliphatic heterocycles. The Labute approximate surface area is 167 Å². The van der Waals surface area contributed by atoms with Gasteiger partial charge in [-0.15, -0.1) is 0 Å². The van der Waals surface area contributed by atoms with E-state index in [0.29, 0.717) is 19.7 Å². The molecule has 0 aliphatic carbocycles. The Bertz CT molecular complexity index is 765. The van der Waals surface area contributed by atoms with Gasteiger partial charge in [-0.3, -0.25) is 9.69 Å². The van der Waals surface area contributed by atoms with Crippen LogP contribution in [0, 0.1) is 0 Å². The highest BCUT2D eigenvalue weighted by atomic mass is 16.5. The van der Waals surface area contributed by atoms with Crippen LogP contribution in [0.2, 0.25) is 0 Å². The molecule has 0 saturated carbocycles. The summed E-state index contributed by atoms with van der Waals surface area (Å²) in [7, 11) is 1.94. The number of likely N-dealkylation sites (N-methyl/N-ethyl adjacent to an activating group) is 1. The van der Waals surface area contributed by atoms with Crippen LogP contribution in [-0.2, 0) is 11.3 Å². The number of carbonyl (C=O) groups is 1. The fourth-order valence-corrected chi connectivity index (χ4v) is 3.39. The van der Waals surface area contributed by atoms with E-state index < -0.39 is 0 Å². The summed E-state index contributed by atoms with van der Waals surface area (Å²) >= 11 is 0. The van der Waals surface area contributed by atoms with Crippen LogP contribution >= 0.6 is 0 Å². The summed E-state index contributed by atoms with van der Waals surface area (Å²) in [6, 6.07) is 16.0. The number of nitrogens with zero attached hydrogens (tertiary/aromatic N) is 2. The normalized spacial score (nSPS) is 13.6. The van der Waals surface area contributed by atoms with Gasteiger partial charge in [-0.2, -0.15) is 0 Å². The molecule has 28 heavy (non-hydrogen) atoms. The fraction of sp³-hybridized carbons (Fsp3) is 0.348. The maximum absolute atomic E-state index is 12.3. The lowest BCUT2D eigenvalue weighted by Crippen LogP contribution is -2.29. The number of amides is 1. The molecule has 2 aromatic carbocycles. The number of hydrogen-bond acceptors (Lipinski definition) is 4. The van der Waals surface area contributed by atoms with Crippen LogP contribution < -0.4 is 15.0 Å². The summed E-state index contributed by atoms with van der Waals surface area (Å²) in [5, 5.41) is 2.98. The molecule has 1 aliphatic rings. The standard InChI is InChI=1S/C23H29N3O2/c1-3-16-28-22-12-6-19(7-13-22)17-25(2)18-23(27)24-20-8-10-21(11-9-20)26-14-4-5-15-26/h3,6-13H,1,4-5,14-18H2,2H3,(H,24,27). The minimum atomic E-state index is -0.0117. The number of benzene rings is 2. The Morgan fingerprint density at radius 1 is 1.14 bits per heavy atom. The average Bonchev–Trinajstić information content (AvgIpc) is 3.22. The number of hydrogen-bond donors (Lipinski definition) is 1. The van der Waals surface area contributed by atoms with E-state index in [1.54, 1.807) is 6.08 Å². The molecule has 0 atom stereocenters. The molecular weight excluding hydrogens is 350 g/mol. The summed E-state index contributed by atoms with van der Waals surface area (Å²) < 4.78 is 5.49. The Kier molecular flexibility index (Phi) is 7.09. The maximum atomic E-state index is 12.3. The summed E-state index contributed by atoms with van der Waals surface area (Å²) in [5.41, 5.74) is 3.20. The SMILES string of the molecule is C=CCOc1ccc(CN(C)CC(=O)Nc2ccc(N3CCCC3)cc2)cc1. The third-order valence-corrected chi connectivity index (χ3v) is 4.78. The van der Waals surface area contributed by atoms with Crippen LogP contribution in [0.4, 0.5) is 11.4 Å². The van der Waals surface area contributed by atoms with Gasteiger partial charge >= 0.3 is 0 Å². The van der Waals surface area contributed by atoms with Crippen LogP contribution in [0.15, 0.2) is 61.2 Å². The lowest BCUT2D eigenvalue weighted by atomic mass is 10.2. The van der Waals surface area contributed by atoms with Gasteiger partial charge in [0.2, 0.25) is 5.91 Å². The average molecular weight is 380 g/mol. The zero-order chi connectivity index (χ0) is 19.8. The summed E-state index contributed by atoms with van der Waals surface area (Å²) in [4.78, 5) is 16.7. The van der Waals surface area contributed by atoms with E-state index >= 15 is 0 Å². The molecule has 3 rings (SSSR count). The number of anilines is 2. The second-order valence-corrected chi connectivity index (χ2v) is 7.21. The Hall–Kier alpha value is -2.79. The first kappa shape index (κ1) is 20.0. The van der Waals surface area contributed by atoms with E-state index in [2.05, 4.69) is 28.9 Å². The number of carbonyl (C=O) groups excluding carboxylic acids is 1. The monoisotopic (exact) mass is 379 g/mol. The van der Waals surface area contributed by atoms with Gasteiger partial charge in [0.1, 0.15) is 12.4 Å². The molecule has 0 bridgehead atoms. The topological polar surface area (TPSA) is 44.8 Å². The molecule has 0 aromatic heterocycles. The van der Waals surface area contributed by atoms with Crippen molar-refractivity contribution < 1.29 is 9.53 Å². The minimum Gasteiger partial charge on any atom is -0.490 e. The summed E-state index contributed by atoms with van der Waals surface area (Å²) in [5.74, 6) is 0.809. The van der Waals surface area contributed by atoms with Crippen LogP contribution in [-0.4, -0.2) is 44.1 Å². The van der Waals surface area contributed by atoms with Gasteiger partial charge in [0.25, 0.3) is 0 Å². The second kappa shape index (κ2) is 9.95. The first-order valence-electron chi connectivity index (χ1n) is 9.80. The van der Waals surface area contributed by atoms with Crippen molar-refractivity contribution in [3.05, 3.63) is 66.7 Å². The van der Waals surface area contributed by atoms with Crippen molar-refractivity contribution in [3.63, 3.8) is 0 Å². The van der Waals surface area contributed by atoms with Crippen molar-refractivity contribution in [2.75, 3.05) is 43.5 Å². The number of ether oxygens (including phenoxy) is 1. The lowest BCUT2D eigenvalue weighted by Gasteiger charge is -2.19. The molecular formula is C23H29N3O2. The molecule has 5 nitrogen and oxygen atoms in total. The maximum Gasteiger partial charge on any atom is 0.238 e. The molecule has 1 N–H and O–H groups in total. The van der Waals surface area contributed by atoms with Crippen LogP contribution in [0.25, 0.3) is 0 Å². The molecule has 148 valence electrons. The van der Waals surface area contributed by atoms with Crippen molar-refractivity contribution in [1.29, 1.82) is 0 Å². The quantitative estimate of drug-likeness (QED) is 0.671. The molecule has 1 amide bonds. The lowest BCUT2D eigenvalue weighted by molar-refractivity contribution is -0.117. The first-order chi connectivity index (χ1) is 13.6. The highest BCUT2D eigenvalue weighted by molar-refractivity contribution is 5.92. The van der Waals surface area contributed by atoms with Gasteiger partial charge in [-0.05, 0) is 61.9 Å². The van der Waals surface area contributed by atoms with E-state index in [-0.39, 0.29) is 5.91 Å². The number of rotatable bonds is 9. The molecule has 1 fully saturated rings. The zero-order valence-corrected chi connectivity index (χ0v) is 16.6. The Balaban J connectivity index is 1.45. The van der Waals surface area contributed by atoms with Crippen molar-refractivity contribution in [2.45, 2.75) is 19.4 Å². The van der Waals surface area contributed by atoms with E-state index in [4.69, 9.17) is 4.74 Å². The van der Waals surface area contributed by atoms with Gasteiger partial charge in [-0.25, -0.2) is 0 Å². The van der Waals surface area contributed by atoms with E-state index in [1.165, 1.54) is 18.5 Å². The highest BCUT2D eigenvalue weighted by Crippen LogP contribution is 2.22. The van der Waals surface area contributed by atoms with Crippen LogP contribution in [0.3, 0.4) is 0 Å². The van der Waals surface area contributed by atoms with Crippen LogP contribution in [0.5, 0.6) is 5.75 Å². The molecule has 0 unspecified atom stereocenters. The molecule has 2 aromatic rings. The fourth-order valence-electron chi connectivity index (χ4n) is 3.39. The van der Waals surface area contributed by atoms with Gasteiger partial charge in [0.05, 0.1) is 6.54 Å². The van der Waals surface area contributed by atoms with Crippen molar-refractivity contribution in [3.8, 4) is 5.75 Å². The van der Waals surface area contributed by atoms with E-state index in [9.17, 15) is 4.79 Å². The molecule has 1 heterocycles. The van der Waals surface area contributed by atoms with Gasteiger partial charge in [-0.1, -0.05) is 24.8 Å². The predicted octanol–water partition coefficient (Wildman–Crippen LogP) is 3.92. The third kappa shape index (κ3) is 5.86. The zero-order valence-electron chi connectivity index (χ0n) is 16.6. The highest BCUT2D eigenvalue weighted by Gasteiger charge is 2.12. The Morgan fingerprint density at radius 2 is 1.82 bits per heavy atom. The van der Waals surface area contributed by atoms with Gasteiger partial charge in [0, 0.05) is 31.0 Å². The van der Waals surface area contributed by atoms with Gasteiger partial charge in [0.15, 0.2) is 0 Å². The Morgan fingerprint density at radius 3 is 2.46 bits per heavy atom. The second-order valence-electron chi connectivity index (χ2n) is 7.21. The van der Waals surface area contributed by atoms with Crippen molar-refractivity contribution in [2.24, 2.45) is 0 Å². The predicted molar refractivity (Wildman–Crippen MR) is 115 cm³/mol. The van der Waals surface area contributed by atoms with Crippen LogP contribution in [0.1, 0.15) is 18.4 Å². The minimum absolute atomic E-state index is 0.0117. The largest absolute Gasteiger partial charge is 0.490 e. The smallest absolute Gasteiger partial charge is 0.238 e. The van der Waals surface area contributed by atoms with Crippen molar-refractivity contribution >= 4 is 17.3 Å². The van der Waals surface area contributed by atoms with Crippen molar-refractivity contribution in [1.82, 2.24) is 4.90 Å². The summed E-state index contributed by atoms with van der Waals surface area (Å²) in [6.45, 7) is 7.42. The molecule has 0 radical (unpaired) electrons. The van der Waals surface area contributed by atoms with E-state index in [1.807, 2.05) is 48.3 Å². The first-order valence-corrected chi connectivity index (χ1v) is 9.80. The molecule has 1 saturated heterocycles. The molecule has 5 heteroatoms. The summed E-state index contributed by atoms with van der Waals surface area (Å²) in [6.07, 6.45) is 4.24. The number of nitrogens with one attached hydrogen (secondary N) is 1. The van der Waals surface area contributed by atoms with E-state index in [0.717, 1.165) is 30.1 Å². The van der Waals surface area contributed by atoms with Gasteiger partial charge < -0.3 is 15.0 Å².